The molecule has 4 nitrogen and oxygen atoms in total. The van der Waals surface area contributed by atoms with Gasteiger partial charge in [0, 0.05) is 6.42 Å². The third kappa shape index (κ3) is 5.06. The minimum atomic E-state index is -0.595. The van der Waals surface area contributed by atoms with Crippen LogP contribution in [0.2, 0.25) is 0 Å². The first-order chi connectivity index (χ1) is 9.06. The van der Waals surface area contributed by atoms with Crippen LogP contribution in [0.15, 0.2) is 18.2 Å². The molecule has 5 heteroatoms. The van der Waals surface area contributed by atoms with E-state index in [0.29, 0.717) is 18.9 Å². The summed E-state index contributed by atoms with van der Waals surface area (Å²) in [4.78, 5) is 11.7. The van der Waals surface area contributed by atoms with Gasteiger partial charge in [-0.1, -0.05) is 6.92 Å². The third-order valence-electron chi connectivity index (χ3n) is 2.90. The number of rotatable bonds is 6. The summed E-state index contributed by atoms with van der Waals surface area (Å²) in [6, 6.07) is 5.81. The SMILES string of the molecule is CC(CCN)CCC(=O)Nc1ccc(C#N)cc1F. The van der Waals surface area contributed by atoms with E-state index < -0.39 is 5.82 Å². The van der Waals surface area contributed by atoms with Crippen LogP contribution in [0.25, 0.3) is 0 Å². The second-order valence-corrected chi connectivity index (χ2v) is 4.58. The number of hydrogen-bond acceptors (Lipinski definition) is 3. The van der Waals surface area contributed by atoms with Gasteiger partial charge in [0.15, 0.2) is 0 Å². The Bertz CT molecular complexity index is 482. The predicted molar refractivity (Wildman–Crippen MR) is 71.8 cm³/mol. The molecule has 0 heterocycles. The van der Waals surface area contributed by atoms with Crippen molar-refractivity contribution < 1.29 is 9.18 Å². The zero-order valence-electron chi connectivity index (χ0n) is 10.9. The van der Waals surface area contributed by atoms with Crippen LogP contribution in [0.1, 0.15) is 31.7 Å². The summed E-state index contributed by atoms with van der Waals surface area (Å²) >= 11 is 0. The molecule has 19 heavy (non-hydrogen) atoms. The van der Waals surface area contributed by atoms with E-state index in [4.69, 9.17) is 11.0 Å². The number of nitrogens with two attached hydrogens (primary N) is 1. The molecule has 1 aromatic rings. The zero-order valence-corrected chi connectivity index (χ0v) is 10.9. The summed E-state index contributed by atoms with van der Waals surface area (Å²) in [5.74, 6) is -0.448. The molecule has 0 aromatic heterocycles. The molecular formula is C14H18FN3O. The number of halogens is 1. The highest BCUT2D eigenvalue weighted by atomic mass is 19.1. The van der Waals surface area contributed by atoms with Crippen LogP contribution < -0.4 is 11.1 Å². The molecular weight excluding hydrogens is 245 g/mol. The number of amides is 1. The molecule has 0 bridgehead atoms. The lowest BCUT2D eigenvalue weighted by Crippen LogP contribution is -2.14. The molecule has 1 amide bonds. The average molecular weight is 263 g/mol. The molecule has 1 unspecified atom stereocenters. The summed E-state index contributed by atoms with van der Waals surface area (Å²) in [5, 5.41) is 11.1. The molecule has 1 aromatic carbocycles. The molecule has 0 fully saturated rings. The Labute approximate surface area is 112 Å². The number of nitrogens with one attached hydrogen (secondary N) is 1. The fraction of sp³-hybridized carbons (Fsp3) is 0.429. The highest BCUT2D eigenvalue weighted by molar-refractivity contribution is 5.90. The maximum atomic E-state index is 13.5. The van der Waals surface area contributed by atoms with E-state index in [1.807, 2.05) is 13.0 Å². The van der Waals surface area contributed by atoms with E-state index in [9.17, 15) is 9.18 Å². The number of hydrogen-bond donors (Lipinski definition) is 2. The van der Waals surface area contributed by atoms with Gasteiger partial charge in [0.2, 0.25) is 5.91 Å². The second-order valence-electron chi connectivity index (χ2n) is 4.58. The standard InChI is InChI=1S/C14H18FN3O/c1-10(6-7-16)2-5-14(19)18-13-4-3-11(9-17)8-12(13)15/h3-4,8,10H,2,5-7,16H2,1H3,(H,18,19). The van der Waals surface area contributed by atoms with E-state index in [-0.39, 0.29) is 17.2 Å². The van der Waals surface area contributed by atoms with Crippen LogP contribution in [-0.4, -0.2) is 12.5 Å². The first-order valence-electron chi connectivity index (χ1n) is 6.26. The summed E-state index contributed by atoms with van der Waals surface area (Å²) in [7, 11) is 0. The van der Waals surface area contributed by atoms with E-state index in [1.54, 1.807) is 0 Å². The Morgan fingerprint density at radius 2 is 2.26 bits per heavy atom. The van der Waals surface area contributed by atoms with E-state index >= 15 is 0 Å². The zero-order chi connectivity index (χ0) is 14.3. The first kappa shape index (κ1) is 15.1. The maximum Gasteiger partial charge on any atom is 0.224 e. The Balaban J connectivity index is 2.51. The maximum absolute atomic E-state index is 13.5. The van der Waals surface area contributed by atoms with Gasteiger partial charge in [-0.25, -0.2) is 4.39 Å². The Morgan fingerprint density at radius 1 is 1.53 bits per heavy atom. The lowest BCUT2D eigenvalue weighted by atomic mass is 10.0. The van der Waals surface area contributed by atoms with Crippen molar-refractivity contribution in [1.82, 2.24) is 0 Å². The van der Waals surface area contributed by atoms with Gasteiger partial charge in [-0.05, 0) is 43.5 Å². The minimum Gasteiger partial charge on any atom is -0.330 e. The first-order valence-corrected chi connectivity index (χ1v) is 6.26. The number of carbonyl (C=O) groups excluding carboxylic acids is 1. The van der Waals surface area contributed by atoms with Crippen LogP contribution in [0.3, 0.4) is 0 Å². The van der Waals surface area contributed by atoms with Gasteiger partial charge in [-0.15, -0.1) is 0 Å². The van der Waals surface area contributed by atoms with Gasteiger partial charge >= 0.3 is 0 Å². The van der Waals surface area contributed by atoms with Crippen molar-refractivity contribution in [1.29, 1.82) is 5.26 Å². The van der Waals surface area contributed by atoms with Crippen LogP contribution >= 0.6 is 0 Å². The number of nitriles is 1. The van der Waals surface area contributed by atoms with Gasteiger partial charge < -0.3 is 11.1 Å². The number of anilines is 1. The predicted octanol–water partition coefficient (Wildman–Crippen LogP) is 2.40. The van der Waals surface area contributed by atoms with E-state index in [1.165, 1.54) is 12.1 Å². The van der Waals surface area contributed by atoms with Crippen molar-refractivity contribution in [2.75, 3.05) is 11.9 Å². The van der Waals surface area contributed by atoms with Gasteiger partial charge in [-0.3, -0.25) is 4.79 Å². The highest BCUT2D eigenvalue weighted by Gasteiger charge is 2.09. The van der Waals surface area contributed by atoms with Crippen LogP contribution in [0, 0.1) is 23.1 Å². The number of carbonyl (C=O) groups is 1. The minimum absolute atomic E-state index is 0.107. The third-order valence-corrected chi connectivity index (χ3v) is 2.90. The molecule has 0 aliphatic heterocycles. The van der Waals surface area contributed by atoms with Crippen LogP contribution in [0.4, 0.5) is 10.1 Å². The van der Waals surface area contributed by atoms with Crippen molar-refractivity contribution in [2.24, 2.45) is 11.7 Å². The molecule has 0 saturated heterocycles. The molecule has 0 aliphatic rings. The summed E-state index contributed by atoms with van der Waals surface area (Å²) < 4.78 is 13.5. The molecule has 1 atom stereocenters. The highest BCUT2D eigenvalue weighted by Crippen LogP contribution is 2.16. The van der Waals surface area contributed by atoms with Crippen molar-refractivity contribution in [2.45, 2.75) is 26.2 Å². The Kier molecular flexibility index (Phi) is 5.97. The summed E-state index contributed by atoms with van der Waals surface area (Å²) in [5.41, 5.74) is 5.77. The van der Waals surface area contributed by atoms with E-state index in [0.717, 1.165) is 18.9 Å². The smallest absolute Gasteiger partial charge is 0.224 e. The fourth-order valence-corrected chi connectivity index (χ4v) is 1.71. The molecule has 0 aliphatic carbocycles. The quantitative estimate of drug-likeness (QED) is 0.827. The molecule has 0 saturated carbocycles. The lowest BCUT2D eigenvalue weighted by Gasteiger charge is -2.10. The summed E-state index contributed by atoms with van der Waals surface area (Å²) in [6.07, 6.45) is 1.93. The Morgan fingerprint density at radius 3 is 2.84 bits per heavy atom. The molecule has 0 spiro atoms. The monoisotopic (exact) mass is 263 g/mol. The molecule has 1 rings (SSSR count). The molecule has 3 N–H and O–H groups in total. The number of benzene rings is 1. The van der Waals surface area contributed by atoms with Crippen molar-refractivity contribution in [3.05, 3.63) is 29.6 Å². The largest absolute Gasteiger partial charge is 0.330 e. The van der Waals surface area contributed by atoms with Gasteiger partial charge in [0.1, 0.15) is 5.82 Å². The average Bonchev–Trinajstić information content (AvgIpc) is 2.39. The van der Waals surface area contributed by atoms with Crippen LogP contribution in [-0.2, 0) is 4.79 Å². The van der Waals surface area contributed by atoms with Crippen molar-refractivity contribution in [3.63, 3.8) is 0 Å². The van der Waals surface area contributed by atoms with Gasteiger partial charge in [-0.2, -0.15) is 5.26 Å². The molecule has 102 valence electrons. The van der Waals surface area contributed by atoms with Gasteiger partial charge in [0.05, 0.1) is 17.3 Å². The fourth-order valence-electron chi connectivity index (χ4n) is 1.71. The second kappa shape index (κ2) is 7.49. The van der Waals surface area contributed by atoms with Crippen molar-refractivity contribution >= 4 is 11.6 Å². The van der Waals surface area contributed by atoms with E-state index in [2.05, 4.69) is 5.32 Å². The Hall–Kier alpha value is -1.93. The lowest BCUT2D eigenvalue weighted by molar-refractivity contribution is -0.116. The molecule has 0 radical (unpaired) electrons. The van der Waals surface area contributed by atoms with Crippen molar-refractivity contribution in [3.8, 4) is 6.07 Å². The normalized spacial score (nSPS) is 11.7. The van der Waals surface area contributed by atoms with Gasteiger partial charge in [0.25, 0.3) is 0 Å². The topological polar surface area (TPSA) is 78.9 Å². The summed E-state index contributed by atoms with van der Waals surface area (Å²) in [6.45, 7) is 2.63. The van der Waals surface area contributed by atoms with Crippen LogP contribution in [0.5, 0.6) is 0 Å². The number of nitrogens with zero attached hydrogens (tertiary/aromatic N) is 1.